The number of nitrogens with zero attached hydrogens (tertiary/aromatic N) is 1. The van der Waals surface area contributed by atoms with Crippen LogP contribution in [0, 0.1) is 0 Å². The number of unbranched alkanes of at least 4 members (excludes halogenated alkanes) is 1. The Morgan fingerprint density at radius 2 is 1.62 bits per heavy atom. The van der Waals surface area contributed by atoms with E-state index in [1.165, 1.54) is 0 Å². The van der Waals surface area contributed by atoms with Crippen molar-refractivity contribution in [2.24, 2.45) is 0 Å². The summed E-state index contributed by atoms with van der Waals surface area (Å²) in [6, 6.07) is 25.8. The quantitative estimate of drug-likeness (QED) is 0.323. The Morgan fingerprint density at radius 3 is 2.32 bits per heavy atom. The minimum absolute atomic E-state index is 0.0932. The fourth-order valence-corrected chi connectivity index (χ4v) is 4.36. The van der Waals surface area contributed by atoms with Crippen LogP contribution in [0.5, 0.6) is 0 Å². The highest BCUT2D eigenvalue weighted by Gasteiger charge is 2.15. The molecule has 3 aromatic carbocycles. The standard InChI is InChI=1S/C28H32N2O3S/c1-3-5-18-30(28(32)29-21-22-10-7-6-8-11-22)24-14-16-25(17-15-24)34-26-13-9-12-23(19-26)20-27(31)33-4-2/h6-17,19H,3-5,18,20-21H2,1-2H3,(H,29,32). The van der Waals surface area contributed by atoms with Gasteiger partial charge in [-0.05, 0) is 60.9 Å². The van der Waals surface area contributed by atoms with Crippen LogP contribution in [0.3, 0.4) is 0 Å². The molecule has 0 spiro atoms. The zero-order valence-electron chi connectivity index (χ0n) is 19.8. The summed E-state index contributed by atoms with van der Waals surface area (Å²) < 4.78 is 5.05. The molecule has 0 bridgehead atoms. The number of amides is 2. The van der Waals surface area contributed by atoms with Crippen molar-refractivity contribution in [2.45, 2.75) is 49.4 Å². The predicted molar refractivity (Wildman–Crippen MR) is 138 cm³/mol. The third kappa shape index (κ3) is 7.96. The third-order valence-electron chi connectivity index (χ3n) is 5.20. The van der Waals surface area contributed by atoms with E-state index in [-0.39, 0.29) is 18.4 Å². The van der Waals surface area contributed by atoms with Gasteiger partial charge in [0.05, 0.1) is 13.0 Å². The molecule has 0 fully saturated rings. The number of esters is 1. The molecule has 34 heavy (non-hydrogen) atoms. The lowest BCUT2D eigenvalue weighted by Crippen LogP contribution is -2.40. The molecule has 0 atom stereocenters. The van der Waals surface area contributed by atoms with Gasteiger partial charge in [0, 0.05) is 28.6 Å². The fourth-order valence-electron chi connectivity index (χ4n) is 3.46. The normalized spacial score (nSPS) is 10.5. The molecule has 6 heteroatoms. The molecular formula is C28H32N2O3S. The van der Waals surface area contributed by atoms with E-state index in [0.717, 1.165) is 39.4 Å². The Balaban J connectivity index is 1.65. The summed E-state index contributed by atoms with van der Waals surface area (Å²) in [7, 11) is 0. The number of hydrogen-bond donors (Lipinski definition) is 1. The molecule has 5 nitrogen and oxygen atoms in total. The zero-order chi connectivity index (χ0) is 24.2. The van der Waals surface area contributed by atoms with Gasteiger partial charge in [0.2, 0.25) is 0 Å². The molecule has 0 aliphatic carbocycles. The van der Waals surface area contributed by atoms with Crippen LogP contribution in [0.25, 0.3) is 0 Å². The van der Waals surface area contributed by atoms with Crippen molar-refractivity contribution in [1.82, 2.24) is 5.32 Å². The molecular weight excluding hydrogens is 444 g/mol. The second-order valence-electron chi connectivity index (χ2n) is 7.87. The largest absolute Gasteiger partial charge is 0.466 e. The maximum Gasteiger partial charge on any atom is 0.322 e. The number of carbonyl (C=O) groups is 2. The molecule has 0 unspecified atom stereocenters. The molecule has 0 heterocycles. The highest BCUT2D eigenvalue weighted by atomic mass is 32.2. The monoisotopic (exact) mass is 476 g/mol. The van der Waals surface area contributed by atoms with Crippen LogP contribution in [-0.4, -0.2) is 25.2 Å². The smallest absolute Gasteiger partial charge is 0.322 e. The summed E-state index contributed by atoms with van der Waals surface area (Å²) in [5.74, 6) is -0.216. The van der Waals surface area contributed by atoms with Crippen LogP contribution in [0.4, 0.5) is 10.5 Å². The van der Waals surface area contributed by atoms with E-state index in [9.17, 15) is 9.59 Å². The summed E-state index contributed by atoms with van der Waals surface area (Å²) in [5, 5.41) is 3.04. The Hall–Kier alpha value is -3.25. The molecule has 178 valence electrons. The van der Waals surface area contributed by atoms with Crippen LogP contribution in [0.1, 0.15) is 37.8 Å². The number of carbonyl (C=O) groups excluding carboxylic acids is 2. The van der Waals surface area contributed by atoms with Gasteiger partial charge in [-0.2, -0.15) is 0 Å². The molecule has 0 radical (unpaired) electrons. The first-order valence-electron chi connectivity index (χ1n) is 11.7. The number of anilines is 1. The minimum atomic E-state index is -0.216. The van der Waals surface area contributed by atoms with Crippen molar-refractivity contribution < 1.29 is 14.3 Å². The van der Waals surface area contributed by atoms with Crippen molar-refractivity contribution in [1.29, 1.82) is 0 Å². The van der Waals surface area contributed by atoms with Crippen molar-refractivity contribution in [2.75, 3.05) is 18.1 Å². The maximum atomic E-state index is 12.9. The Labute approximate surface area is 206 Å². The highest BCUT2D eigenvalue weighted by molar-refractivity contribution is 7.99. The maximum absolute atomic E-state index is 12.9. The number of rotatable bonds is 11. The average Bonchev–Trinajstić information content (AvgIpc) is 2.85. The van der Waals surface area contributed by atoms with Gasteiger partial charge in [-0.15, -0.1) is 0 Å². The molecule has 0 saturated carbocycles. The van der Waals surface area contributed by atoms with Gasteiger partial charge in [0.15, 0.2) is 0 Å². The first kappa shape index (κ1) is 25.4. The van der Waals surface area contributed by atoms with Crippen molar-refractivity contribution in [3.05, 3.63) is 90.0 Å². The Bertz CT molecular complexity index is 1050. The zero-order valence-corrected chi connectivity index (χ0v) is 20.6. The SMILES string of the molecule is CCCCN(C(=O)NCc1ccccc1)c1ccc(Sc2cccc(CC(=O)OCC)c2)cc1. The van der Waals surface area contributed by atoms with E-state index in [1.807, 2.05) is 85.8 Å². The lowest BCUT2D eigenvalue weighted by Gasteiger charge is -2.23. The number of nitrogens with one attached hydrogen (secondary N) is 1. The van der Waals surface area contributed by atoms with Gasteiger partial charge in [-0.25, -0.2) is 4.79 Å². The molecule has 1 N–H and O–H groups in total. The van der Waals surface area contributed by atoms with Crippen LogP contribution in [0.15, 0.2) is 88.7 Å². The average molecular weight is 477 g/mol. The molecule has 0 saturated heterocycles. The number of ether oxygens (including phenoxy) is 1. The summed E-state index contributed by atoms with van der Waals surface area (Å²) in [4.78, 5) is 28.6. The van der Waals surface area contributed by atoms with E-state index >= 15 is 0 Å². The number of benzene rings is 3. The summed E-state index contributed by atoms with van der Waals surface area (Å²) >= 11 is 1.63. The van der Waals surface area contributed by atoms with Crippen LogP contribution < -0.4 is 10.2 Å². The molecule has 3 rings (SSSR count). The lowest BCUT2D eigenvalue weighted by atomic mass is 10.1. The van der Waals surface area contributed by atoms with Gasteiger partial charge in [-0.1, -0.05) is 67.6 Å². The number of hydrogen-bond acceptors (Lipinski definition) is 4. The van der Waals surface area contributed by atoms with Gasteiger partial charge < -0.3 is 10.1 Å². The van der Waals surface area contributed by atoms with Crippen LogP contribution in [-0.2, 0) is 22.5 Å². The van der Waals surface area contributed by atoms with Gasteiger partial charge in [0.1, 0.15) is 0 Å². The predicted octanol–water partition coefficient (Wildman–Crippen LogP) is 6.46. The van der Waals surface area contributed by atoms with E-state index in [0.29, 0.717) is 19.7 Å². The molecule has 0 aliphatic rings. The van der Waals surface area contributed by atoms with Crippen molar-refractivity contribution >= 4 is 29.4 Å². The molecule has 0 aromatic heterocycles. The topological polar surface area (TPSA) is 58.6 Å². The summed E-state index contributed by atoms with van der Waals surface area (Å²) in [5.41, 5.74) is 2.88. The first-order chi connectivity index (χ1) is 16.6. The fraction of sp³-hybridized carbons (Fsp3) is 0.286. The van der Waals surface area contributed by atoms with Gasteiger partial charge in [0.25, 0.3) is 0 Å². The van der Waals surface area contributed by atoms with Crippen molar-refractivity contribution in [3.8, 4) is 0 Å². The third-order valence-corrected chi connectivity index (χ3v) is 6.20. The van der Waals surface area contributed by atoms with Gasteiger partial charge in [-0.3, -0.25) is 9.69 Å². The van der Waals surface area contributed by atoms with Gasteiger partial charge >= 0.3 is 12.0 Å². The van der Waals surface area contributed by atoms with E-state index in [1.54, 1.807) is 16.7 Å². The molecule has 0 aliphatic heterocycles. The lowest BCUT2D eigenvalue weighted by molar-refractivity contribution is -0.142. The number of urea groups is 1. The van der Waals surface area contributed by atoms with Crippen LogP contribution in [0.2, 0.25) is 0 Å². The second kappa shape index (κ2) is 13.5. The second-order valence-corrected chi connectivity index (χ2v) is 9.02. The highest BCUT2D eigenvalue weighted by Crippen LogP contribution is 2.30. The minimum Gasteiger partial charge on any atom is -0.466 e. The Kier molecular flexibility index (Phi) is 10.0. The van der Waals surface area contributed by atoms with E-state index in [2.05, 4.69) is 12.2 Å². The summed E-state index contributed by atoms with van der Waals surface area (Å²) in [6.07, 6.45) is 2.21. The Morgan fingerprint density at radius 1 is 0.882 bits per heavy atom. The molecule has 3 aromatic rings. The van der Waals surface area contributed by atoms with E-state index in [4.69, 9.17) is 4.74 Å². The van der Waals surface area contributed by atoms with E-state index < -0.39 is 0 Å². The van der Waals surface area contributed by atoms with Crippen molar-refractivity contribution in [3.63, 3.8) is 0 Å². The van der Waals surface area contributed by atoms with Crippen LogP contribution >= 0.6 is 11.8 Å². The first-order valence-corrected chi connectivity index (χ1v) is 12.5. The summed E-state index contributed by atoms with van der Waals surface area (Å²) in [6.45, 7) is 5.48. The molecule has 2 amide bonds.